The third-order valence-electron chi connectivity index (χ3n) is 5.60. The van der Waals surface area contributed by atoms with Gasteiger partial charge in [0.1, 0.15) is 23.7 Å². The van der Waals surface area contributed by atoms with Gasteiger partial charge in [-0.25, -0.2) is 14.2 Å². The standard InChI is InChI=1S/C24H28F2N6O3SSi/c1-36-15-6-7-18(35-24(25)26)16(12-15)21-17(13-29-32(21)14-34-10-11-37(2,3)4)20-19(22(27)33)23-28-8-5-9-31(23)30-20/h5-9,12-13,24H,10-11,14H2,1-4H3,(H2,27,33). The first-order valence-electron chi connectivity index (χ1n) is 11.5. The van der Waals surface area contributed by atoms with E-state index in [1.807, 2.05) is 6.26 Å². The van der Waals surface area contributed by atoms with Crippen LogP contribution in [0.1, 0.15) is 10.4 Å². The average Bonchev–Trinajstić information content (AvgIpc) is 3.42. The van der Waals surface area contributed by atoms with E-state index in [0.717, 1.165) is 10.9 Å². The molecule has 3 heterocycles. The number of carbonyl (C=O) groups is 1. The summed E-state index contributed by atoms with van der Waals surface area (Å²) < 4.78 is 40.5. The van der Waals surface area contributed by atoms with E-state index < -0.39 is 20.6 Å². The van der Waals surface area contributed by atoms with Gasteiger partial charge in [0.05, 0.1) is 11.9 Å². The van der Waals surface area contributed by atoms with Gasteiger partial charge in [-0.2, -0.15) is 19.0 Å². The van der Waals surface area contributed by atoms with E-state index in [1.165, 1.54) is 34.7 Å². The zero-order chi connectivity index (χ0) is 26.7. The maximum Gasteiger partial charge on any atom is 0.387 e. The van der Waals surface area contributed by atoms with E-state index >= 15 is 0 Å². The predicted molar refractivity (Wildman–Crippen MR) is 141 cm³/mol. The van der Waals surface area contributed by atoms with Crippen molar-refractivity contribution in [2.75, 3.05) is 12.9 Å². The molecule has 9 nitrogen and oxygen atoms in total. The largest absolute Gasteiger partial charge is 0.434 e. The van der Waals surface area contributed by atoms with Crippen LogP contribution in [0.25, 0.3) is 28.2 Å². The topological polar surface area (TPSA) is 110 Å². The highest BCUT2D eigenvalue weighted by Crippen LogP contribution is 2.41. The molecular formula is C24H28F2N6O3SSi. The van der Waals surface area contributed by atoms with Gasteiger partial charge in [0.25, 0.3) is 5.91 Å². The zero-order valence-corrected chi connectivity index (χ0v) is 22.8. The van der Waals surface area contributed by atoms with Crippen LogP contribution in [-0.4, -0.2) is 57.8 Å². The van der Waals surface area contributed by atoms with Gasteiger partial charge >= 0.3 is 6.61 Å². The lowest BCUT2D eigenvalue weighted by Crippen LogP contribution is -2.22. The van der Waals surface area contributed by atoms with Crippen LogP contribution < -0.4 is 10.5 Å². The fourth-order valence-corrected chi connectivity index (χ4v) is 4.99. The monoisotopic (exact) mass is 546 g/mol. The molecule has 3 aromatic heterocycles. The van der Waals surface area contributed by atoms with Crippen LogP contribution in [-0.2, 0) is 11.5 Å². The van der Waals surface area contributed by atoms with Gasteiger partial charge in [-0.1, -0.05) is 19.6 Å². The van der Waals surface area contributed by atoms with Gasteiger partial charge in [-0.05, 0) is 36.6 Å². The van der Waals surface area contributed by atoms with E-state index in [2.05, 4.69) is 34.8 Å². The molecule has 13 heteroatoms. The smallest absolute Gasteiger partial charge is 0.387 e. The molecule has 4 aromatic rings. The fraction of sp³-hybridized carbons (Fsp3) is 0.333. The van der Waals surface area contributed by atoms with E-state index in [0.29, 0.717) is 23.4 Å². The van der Waals surface area contributed by atoms with E-state index in [1.54, 1.807) is 29.1 Å². The lowest BCUT2D eigenvalue weighted by Gasteiger charge is -2.17. The first kappa shape index (κ1) is 26.8. The second-order valence-electron chi connectivity index (χ2n) is 9.47. The number of nitrogens with zero attached hydrogens (tertiary/aromatic N) is 5. The maximum absolute atomic E-state index is 13.4. The van der Waals surface area contributed by atoms with Crippen molar-refractivity contribution in [1.82, 2.24) is 24.4 Å². The molecule has 196 valence electrons. The highest BCUT2D eigenvalue weighted by atomic mass is 32.2. The molecule has 37 heavy (non-hydrogen) atoms. The summed E-state index contributed by atoms with van der Waals surface area (Å²) in [5.41, 5.74) is 7.50. The van der Waals surface area contributed by atoms with Crippen molar-refractivity contribution in [1.29, 1.82) is 0 Å². The number of alkyl halides is 2. The summed E-state index contributed by atoms with van der Waals surface area (Å²) in [4.78, 5) is 17.6. The molecule has 0 aliphatic rings. The van der Waals surface area contributed by atoms with Gasteiger partial charge in [0.2, 0.25) is 0 Å². The maximum atomic E-state index is 13.4. The number of thioether (sulfide) groups is 1. The molecule has 0 saturated heterocycles. The van der Waals surface area contributed by atoms with Crippen LogP contribution in [0.2, 0.25) is 25.7 Å². The number of nitrogens with two attached hydrogens (primary N) is 1. The van der Waals surface area contributed by atoms with Crippen molar-refractivity contribution in [3.05, 3.63) is 48.4 Å². The minimum absolute atomic E-state index is 0.0413. The Balaban J connectivity index is 1.91. The van der Waals surface area contributed by atoms with Crippen molar-refractivity contribution < 1.29 is 23.0 Å². The van der Waals surface area contributed by atoms with Gasteiger partial charge in [0.15, 0.2) is 5.65 Å². The van der Waals surface area contributed by atoms with Crippen molar-refractivity contribution in [3.8, 4) is 28.3 Å². The third kappa shape index (κ3) is 6.00. The van der Waals surface area contributed by atoms with Crippen molar-refractivity contribution in [3.63, 3.8) is 0 Å². The lowest BCUT2D eigenvalue weighted by atomic mass is 10.0. The number of amides is 1. The molecule has 0 atom stereocenters. The van der Waals surface area contributed by atoms with Crippen LogP contribution in [0.3, 0.4) is 0 Å². The van der Waals surface area contributed by atoms with Crippen molar-refractivity contribution in [2.45, 2.75) is 43.9 Å². The first-order chi connectivity index (χ1) is 17.6. The van der Waals surface area contributed by atoms with Crippen molar-refractivity contribution >= 4 is 31.4 Å². The number of carbonyl (C=O) groups excluding carboxylic acids is 1. The Morgan fingerprint density at radius 1 is 1.24 bits per heavy atom. The summed E-state index contributed by atoms with van der Waals surface area (Å²) >= 11 is 1.45. The Labute approximate surface area is 218 Å². The third-order valence-corrected chi connectivity index (χ3v) is 8.03. The number of primary amides is 1. The molecule has 1 aromatic carbocycles. The van der Waals surface area contributed by atoms with Gasteiger partial charge < -0.3 is 15.2 Å². The number of benzene rings is 1. The molecular weight excluding hydrogens is 518 g/mol. The SMILES string of the molecule is CSc1ccc(OC(F)F)c(-c2c(-c3nn4cccnc4c3C(N)=O)cnn2COCC[Si](C)(C)C)c1. The van der Waals surface area contributed by atoms with Crippen LogP contribution in [0.5, 0.6) is 5.75 Å². The highest BCUT2D eigenvalue weighted by Gasteiger charge is 2.27. The summed E-state index contributed by atoms with van der Waals surface area (Å²) in [7, 11) is -1.33. The summed E-state index contributed by atoms with van der Waals surface area (Å²) in [6, 6.07) is 7.53. The van der Waals surface area contributed by atoms with E-state index in [-0.39, 0.29) is 29.4 Å². The lowest BCUT2D eigenvalue weighted by molar-refractivity contribution is -0.0495. The van der Waals surface area contributed by atoms with Gasteiger partial charge in [-0.15, -0.1) is 11.8 Å². The molecule has 1 amide bonds. The molecule has 0 fully saturated rings. The summed E-state index contributed by atoms with van der Waals surface area (Å²) in [5.74, 6) is -0.767. The van der Waals surface area contributed by atoms with Crippen molar-refractivity contribution in [2.24, 2.45) is 5.73 Å². The quantitative estimate of drug-likeness (QED) is 0.160. The minimum Gasteiger partial charge on any atom is -0.434 e. The van der Waals surface area contributed by atoms with Crippen LogP contribution in [0, 0.1) is 0 Å². The zero-order valence-electron chi connectivity index (χ0n) is 20.9. The van der Waals surface area contributed by atoms with Gasteiger partial charge in [-0.3, -0.25) is 4.79 Å². The second kappa shape index (κ2) is 11.0. The molecule has 0 aliphatic heterocycles. The molecule has 0 radical (unpaired) electrons. The highest BCUT2D eigenvalue weighted by molar-refractivity contribution is 7.98. The molecule has 4 rings (SSSR count). The molecule has 0 bridgehead atoms. The Kier molecular flexibility index (Phi) is 7.95. The number of halogens is 2. The summed E-state index contributed by atoms with van der Waals surface area (Å²) in [6.07, 6.45) is 6.56. The first-order valence-corrected chi connectivity index (χ1v) is 16.4. The fourth-order valence-electron chi connectivity index (χ4n) is 3.79. The molecule has 0 unspecified atom stereocenters. The second-order valence-corrected chi connectivity index (χ2v) is 16.0. The number of hydrogen-bond acceptors (Lipinski definition) is 7. The Morgan fingerprint density at radius 2 is 2.03 bits per heavy atom. The van der Waals surface area contributed by atoms with Gasteiger partial charge in [0, 0.05) is 43.1 Å². The van der Waals surface area contributed by atoms with E-state index in [9.17, 15) is 13.6 Å². The normalized spacial score (nSPS) is 12.0. The van der Waals surface area contributed by atoms with Crippen LogP contribution >= 0.6 is 11.8 Å². The summed E-state index contributed by atoms with van der Waals surface area (Å²) in [6.45, 7) is 4.30. The Hall–Kier alpha value is -3.29. The number of ether oxygens (including phenoxy) is 2. The van der Waals surface area contributed by atoms with E-state index in [4.69, 9.17) is 15.2 Å². The molecule has 0 aliphatic carbocycles. The molecule has 0 saturated carbocycles. The Bertz CT molecular complexity index is 1420. The predicted octanol–water partition coefficient (Wildman–Crippen LogP) is 4.99. The minimum atomic E-state index is -3.03. The van der Waals surface area contributed by atoms with Crippen LogP contribution in [0.4, 0.5) is 8.78 Å². The molecule has 2 N–H and O–H groups in total. The average molecular weight is 547 g/mol. The molecule has 0 spiro atoms. The number of fused-ring (bicyclic) bond motifs is 1. The number of aromatic nitrogens is 5. The number of hydrogen-bond donors (Lipinski definition) is 1. The summed E-state index contributed by atoms with van der Waals surface area (Å²) in [5, 5.41) is 9.02. The van der Waals surface area contributed by atoms with Crippen LogP contribution in [0.15, 0.2) is 47.8 Å². The number of rotatable bonds is 11. The Morgan fingerprint density at radius 3 is 2.70 bits per heavy atom.